The van der Waals surface area contributed by atoms with Gasteiger partial charge in [0.2, 0.25) is 0 Å². The fraction of sp³-hybridized carbons (Fsp3) is 0.182. The van der Waals surface area contributed by atoms with Crippen molar-refractivity contribution in [2.24, 2.45) is 0 Å². The van der Waals surface area contributed by atoms with E-state index in [1.54, 1.807) is 0 Å². The Hall–Kier alpha value is -2.87. The molecular weight excluding hydrogens is 794 g/mol. The molecule has 0 amide bonds. The van der Waals surface area contributed by atoms with E-state index in [0.717, 1.165) is 9.52 Å². The van der Waals surface area contributed by atoms with E-state index in [2.05, 4.69) is 224 Å². The van der Waals surface area contributed by atoms with Gasteiger partial charge in [0.05, 0.1) is 9.52 Å². The van der Waals surface area contributed by atoms with Crippen LogP contribution in [0, 0.1) is 0 Å². The molecule has 0 nitrogen and oxygen atoms in total. The zero-order valence-corrected chi connectivity index (χ0v) is 35.5. The van der Waals surface area contributed by atoms with Gasteiger partial charge in [0.15, 0.2) is 0 Å². The van der Waals surface area contributed by atoms with Gasteiger partial charge >= 0.3 is 243 Å². The molecular formula is C44H48SiSn2. The maximum atomic E-state index is 2.30. The summed E-state index contributed by atoms with van der Waals surface area (Å²) in [6.45, 7) is 13.8. The fourth-order valence-corrected chi connectivity index (χ4v) is 22.7. The Balaban J connectivity index is 0.000000171. The molecule has 0 aromatic heterocycles. The maximum absolute atomic E-state index is 2.30. The quantitative estimate of drug-likeness (QED) is 0.152. The molecule has 6 aromatic rings. The van der Waals surface area contributed by atoms with Crippen molar-refractivity contribution in [3.05, 3.63) is 182 Å². The van der Waals surface area contributed by atoms with Crippen LogP contribution in [0.2, 0.25) is 10.1 Å². The van der Waals surface area contributed by atoms with Crippen molar-refractivity contribution in [3.8, 4) is 0 Å². The normalized spacial score (nSPS) is 11.2. The molecule has 0 fully saturated rings. The molecule has 47 heavy (non-hydrogen) atoms. The van der Waals surface area contributed by atoms with Crippen LogP contribution < -0.4 is 21.5 Å². The molecule has 0 aliphatic carbocycles. The monoisotopic (exact) mass is 844 g/mol. The van der Waals surface area contributed by atoms with Gasteiger partial charge in [0.25, 0.3) is 0 Å². The van der Waals surface area contributed by atoms with Crippen molar-refractivity contribution in [3.63, 3.8) is 0 Å². The molecule has 0 spiro atoms. The molecule has 0 bridgehead atoms. The van der Waals surface area contributed by atoms with E-state index in [4.69, 9.17) is 0 Å². The van der Waals surface area contributed by atoms with Crippen molar-refractivity contribution < 1.29 is 0 Å². The van der Waals surface area contributed by atoms with Crippen LogP contribution in [0.3, 0.4) is 0 Å². The molecule has 236 valence electrons. The summed E-state index contributed by atoms with van der Waals surface area (Å²) in [6, 6.07) is 65.9. The first kappa shape index (κ1) is 37.0. The van der Waals surface area contributed by atoms with Crippen LogP contribution in [0.15, 0.2) is 182 Å². The van der Waals surface area contributed by atoms with Crippen molar-refractivity contribution in [1.82, 2.24) is 0 Å². The fourth-order valence-electron chi connectivity index (χ4n) is 5.75. The van der Waals surface area contributed by atoms with Gasteiger partial charge in [0, 0.05) is 0 Å². The van der Waals surface area contributed by atoms with Crippen LogP contribution >= 0.6 is 0 Å². The second-order valence-corrected chi connectivity index (χ2v) is 31.0. The first-order valence-corrected chi connectivity index (χ1v) is 26.0. The molecule has 0 N–H and O–H groups in total. The van der Waals surface area contributed by atoms with Crippen molar-refractivity contribution in [2.45, 2.75) is 51.6 Å². The topological polar surface area (TPSA) is 0 Å². The Morgan fingerprint density at radius 1 is 0.277 bits per heavy atom. The standard InChI is InChI=1S/C8H18Si.6C6H5.2Sn/c1-7(2,3)9-8(4,5)6;6*1-2-4-6-5-3-1;;/h1-6H3;6*1-5H;;. The van der Waals surface area contributed by atoms with Crippen LogP contribution in [0.5, 0.6) is 0 Å². The van der Waals surface area contributed by atoms with E-state index < -0.39 is 39.5 Å². The summed E-state index contributed by atoms with van der Waals surface area (Å²) in [4.78, 5) is 0. The summed E-state index contributed by atoms with van der Waals surface area (Å²) in [5, 5.41) is 1.02. The van der Waals surface area contributed by atoms with Gasteiger partial charge in [-0.2, -0.15) is 0 Å². The summed E-state index contributed by atoms with van der Waals surface area (Å²) in [5.41, 5.74) is 0. The van der Waals surface area contributed by atoms with E-state index >= 15 is 0 Å². The third-order valence-corrected chi connectivity index (χ3v) is 24.2. The van der Waals surface area contributed by atoms with Gasteiger partial charge in [-0.05, 0) is 10.1 Å². The van der Waals surface area contributed by atoms with Crippen LogP contribution in [-0.4, -0.2) is 49.0 Å². The third kappa shape index (κ3) is 12.9. The molecule has 4 radical (unpaired) electrons. The van der Waals surface area contributed by atoms with Gasteiger partial charge in [0.1, 0.15) is 0 Å². The molecule has 0 saturated heterocycles. The molecule has 6 rings (SSSR count). The third-order valence-electron chi connectivity index (χ3n) is 7.12. The first-order valence-electron chi connectivity index (χ1n) is 16.5. The van der Waals surface area contributed by atoms with Crippen molar-refractivity contribution >= 4 is 70.5 Å². The molecule has 6 aromatic carbocycles. The minimum atomic E-state index is -1.98. The van der Waals surface area contributed by atoms with E-state index in [-0.39, 0.29) is 0 Å². The second kappa shape index (κ2) is 18.6. The Morgan fingerprint density at radius 3 is 0.532 bits per heavy atom. The predicted molar refractivity (Wildman–Crippen MR) is 213 cm³/mol. The Kier molecular flexibility index (Phi) is 14.6. The van der Waals surface area contributed by atoms with E-state index in [1.807, 2.05) is 0 Å². The number of benzene rings is 6. The summed E-state index contributed by atoms with van der Waals surface area (Å²) in [5.74, 6) is 0. The number of hydrogen-bond donors (Lipinski definition) is 0. The van der Waals surface area contributed by atoms with Gasteiger partial charge in [-0.15, -0.1) is 0 Å². The molecule has 0 atom stereocenters. The van der Waals surface area contributed by atoms with Gasteiger partial charge in [-0.3, -0.25) is 0 Å². The van der Waals surface area contributed by atoms with E-state index in [9.17, 15) is 0 Å². The summed E-state index contributed by atoms with van der Waals surface area (Å²) in [7, 11) is 1.05. The number of hydrogen-bond acceptors (Lipinski definition) is 0. The first-order chi connectivity index (χ1) is 22.6. The second-order valence-electron chi connectivity index (χ2n) is 13.6. The van der Waals surface area contributed by atoms with Gasteiger partial charge in [-0.1, -0.05) is 41.5 Å². The summed E-state index contributed by atoms with van der Waals surface area (Å²) < 4.78 is 9.18. The Bertz CT molecular complexity index is 1360. The van der Waals surface area contributed by atoms with Crippen LogP contribution in [-0.2, 0) is 0 Å². The van der Waals surface area contributed by atoms with Crippen LogP contribution in [0.4, 0.5) is 0 Å². The molecule has 3 heteroatoms. The SMILES string of the molecule is CC(C)(C)[Si]C(C)(C)C.c1cc[c]([Sn]([c]2ccccc2)[c]2ccccc2)cc1.c1cc[c]([Sn]([c]2ccccc2)[c]2ccccc2)cc1. The van der Waals surface area contributed by atoms with E-state index in [1.165, 1.54) is 21.5 Å². The zero-order valence-electron chi connectivity index (χ0n) is 28.8. The minimum absolute atomic E-state index is 0.512. The number of rotatable bonds is 6. The zero-order chi connectivity index (χ0) is 33.5. The average Bonchev–Trinajstić information content (AvgIpc) is 3.07. The average molecular weight is 842 g/mol. The van der Waals surface area contributed by atoms with Crippen LogP contribution in [0.1, 0.15) is 41.5 Å². The van der Waals surface area contributed by atoms with Gasteiger partial charge < -0.3 is 0 Å². The molecule has 0 saturated carbocycles. The Labute approximate surface area is 301 Å². The predicted octanol–water partition coefficient (Wildman–Crippen LogP) is 7.53. The van der Waals surface area contributed by atoms with Crippen molar-refractivity contribution in [2.75, 3.05) is 0 Å². The van der Waals surface area contributed by atoms with E-state index in [0.29, 0.717) is 10.1 Å². The molecule has 0 aliphatic heterocycles. The summed E-state index contributed by atoms with van der Waals surface area (Å²) >= 11 is -3.96. The molecule has 0 unspecified atom stereocenters. The summed E-state index contributed by atoms with van der Waals surface area (Å²) in [6.07, 6.45) is 0. The molecule has 0 heterocycles. The van der Waals surface area contributed by atoms with Crippen LogP contribution in [0.25, 0.3) is 0 Å². The Morgan fingerprint density at radius 2 is 0.426 bits per heavy atom. The molecule has 0 aliphatic rings. The van der Waals surface area contributed by atoms with Gasteiger partial charge in [-0.25, -0.2) is 0 Å². The van der Waals surface area contributed by atoms with Crippen molar-refractivity contribution in [1.29, 1.82) is 0 Å².